The molecular weight excluding hydrogens is 192 g/mol. The Balaban J connectivity index is 2.27. The highest BCUT2D eigenvalue weighted by Gasteiger charge is 2.13. The molecule has 0 N–H and O–H groups in total. The minimum atomic E-state index is 0.242. The van der Waals surface area contributed by atoms with Crippen molar-refractivity contribution in [3.05, 3.63) is 53.6 Å². The first kappa shape index (κ1) is 11.2. The molecule has 0 nitrogen and oxygen atoms in total. The van der Waals surface area contributed by atoms with E-state index in [0.29, 0.717) is 5.92 Å². The average Bonchev–Trinajstić information content (AvgIpc) is 2.64. The maximum absolute atomic E-state index is 2.31. The van der Waals surface area contributed by atoms with Crippen molar-refractivity contribution in [1.29, 1.82) is 0 Å². The molecule has 0 amide bonds. The standard InChI is InChI=1S/C16H20/c1-12-5-6-14(11-12)13-7-9-15(10-8-13)16(2,3)4/h5-12H,1-4H3. The van der Waals surface area contributed by atoms with E-state index in [0.717, 1.165) is 0 Å². The van der Waals surface area contributed by atoms with Crippen molar-refractivity contribution in [2.24, 2.45) is 5.92 Å². The number of hydrogen-bond acceptors (Lipinski definition) is 0. The van der Waals surface area contributed by atoms with Crippen LogP contribution in [0.25, 0.3) is 5.57 Å². The van der Waals surface area contributed by atoms with Crippen molar-refractivity contribution in [3.63, 3.8) is 0 Å². The lowest BCUT2D eigenvalue weighted by Crippen LogP contribution is -2.10. The van der Waals surface area contributed by atoms with E-state index in [1.807, 2.05) is 0 Å². The van der Waals surface area contributed by atoms with Crippen LogP contribution in [0, 0.1) is 5.92 Å². The monoisotopic (exact) mass is 212 g/mol. The molecule has 0 aliphatic heterocycles. The Morgan fingerprint density at radius 3 is 2.06 bits per heavy atom. The Bertz CT molecular complexity index is 424. The van der Waals surface area contributed by atoms with Gasteiger partial charge in [0.05, 0.1) is 0 Å². The van der Waals surface area contributed by atoms with Crippen LogP contribution in [0.3, 0.4) is 0 Å². The second-order valence-corrected chi connectivity index (χ2v) is 5.67. The normalized spacial score (nSPS) is 20.0. The summed E-state index contributed by atoms with van der Waals surface area (Å²) in [5, 5.41) is 0. The van der Waals surface area contributed by atoms with Gasteiger partial charge in [-0.25, -0.2) is 0 Å². The van der Waals surface area contributed by atoms with E-state index in [-0.39, 0.29) is 5.41 Å². The van der Waals surface area contributed by atoms with E-state index in [9.17, 15) is 0 Å². The molecule has 1 aliphatic rings. The van der Waals surface area contributed by atoms with Gasteiger partial charge in [0.25, 0.3) is 0 Å². The van der Waals surface area contributed by atoms with Crippen molar-refractivity contribution >= 4 is 5.57 Å². The number of benzene rings is 1. The van der Waals surface area contributed by atoms with Gasteiger partial charge in [0.2, 0.25) is 0 Å². The average molecular weight is 212 g/mol. The summed E-state index contributed by atoms with van der Waals surface area (Å²) in [7, 11) is 0. The van der Waals surface area contributed by atoms with E-state index in [1.54, 1.807) is 0 Å². The van der Waals surface area contributed by atoms with Crippen LogP contribution < -0.4 is 0 Å². The first-order chi connectivity index (χ1) is 7.47. The maximum atomic E-state index is 2.31. The van der Waals surface area contributed by atoms with Gasteiger partial charge in [0, 0.05) is 0 Å². The highest BCUT2D eigenvalue weighted by molar-refractivity contribution is 5.76. The Hall–Kier alpha value is -1.30. The van der Waals surface area contributed by atoms with Crippen LogP contribution in [-0.4, -0.2) is 0 Å². The lowest BCUT2D eigenvalue weighted by Gasteiger charge is -2.19. The highest BCUT2D eigenvalue weighted by atomic mass is 14.2. The van der Waals surface area contributed by atoms with Gasteiger partial charge in [-0.3, -0.25) is 0 Å². The highest BCUT2D eigenvalue weighted by Crippen LogP contribution is 2.27. The number of hydrogen-bond donors (Lipinski definition) is 0. The van der Waals surface area contributed by atoms with Gasteiger partial charge in [0.1, 0.15) is 0 Å². The topological polar surface area (TPSA) is 0 Å². The van der Waals surface area contributed by atoms with Gasteiger partial charge in [-0.2, -0.15) is 0 Å². The van der Waals surface area contributed by atoms with Crippen molar-refractivity contribution in [2.45, 2.75) is 33.1 Å². The van der Waals surface area contributed by atoms with Crippen LogP contribution in [0.1, 0.15) is 38.8 Å². The van der Waals surface area contributed by atoms with Crippen LogP contribution in [0.4, 0.5) is 0 Å². The van der Waals surface area contributed by atoms with E-state index < -0.39 is 0 Å². The fourth-order valence-electron chi connectivity index (χ4n) is 2.00. The smallest absolute Gasteiger partial charge is 0.00693 e. The molecule has 0 bridgehead atoms. The molecule has 0 saturated carbocycles. The summed E-state index contributed by atoms with van der Waals surface area (Å²) in [6, 6.07) is 8.95. The molecule has 0 spiro atoms. The Kier molecular flexibility index (Phi) is 2.75. The fraction of sp³-hybridized carbons (Fsp3) is 0.375. The Labute approximate surface area is 98.7 Å². The first-order valence-corrected chi connectivity index (χ1v) is 5.98. The van der Waals surface area contributed by atoms with Gasteiger partial charge < -0.3 is 0 Å². The van der Waals surface area contributed by atoms with E-state index in [1.165, 1.54) is 16.7 Å². The largest absolute Gasteiger partial charge is 0.0773 e. The summed E-state index contributed by atoms with van der Waals surface area (Å²) < 4.78 is 0. The Morgan fingerprint density at radius 1 is 1.00 bits per heavy atom. The van der Waals surface area contributed by atoms with Crippen molar-refractivity contribution < 1.29 is 0 Å². The van der Waals surface area contributed by atoms with Gasteiger partial charge in [0.15, 0.2) is 0 Å². The van der Waals surface area contributed by atoms with Gasteiger partial charge in [-0.1, -0.05) is 70.2 Å². The lowest BCUT2D eigenvalue weighted by atomic mass is 9.86. The molecule has 0 aromatic heterocycles. The third kappa shape index (κ3) is 2.27. The van der Waals surface area contributed by atoms with Crippen LogP contribution >= 0.6 is 0 Å². The van der Waals surface area contributed by atoms with Gasteiger partial charge in [-0.15, -0.1) is 0 Å². The summed E-state index contributed by atoms with van der Waals surface area (Å²) in [6.07, 6.45) is 6.77. The lowest BCUT2D eigenvalue weighted by molar-refractivity contribution is 0.590. The van der Waals surface area contributed by atoms with Crippen molar-refractivity contribution in [3.8, 4) is 0 Å². The molecule has 0 heterocycles. The van der Waals surface area contributed by atoms with Gasteiger partial charge in [-0.05, 0) is 28.0 Å². The molecule has 1 aromatic carbocycles. The summed E-state index contributed by atoms with van der Waals surface area (Å²) in [5.74, 6) is 0.581. The molecule has 1 unspecified atom stereocenters. The number of rotatable bonds is 1. The SMILES string of the molecule is CC1C=CC(c2ccc(C(C)(C)C)cc2)=C1. The van der Waals surface area contributed by atoms with Crippen molar-refractivity contribution in [1.82, 2.24) is 0 Å². The fourth-order valence-corrected chi connectivity index (χ4v) is 2.00. The summed E-state index contributed by atoms with van der Waals surface area (Å²) >= 11 is 0. The molecule has 16 heavy (non-hydrogen) atoms. The molecule has 0 fully saturated rings. The summed E-state index contributed by atoms with van der Waals surface area (Å²) in [6.45, 7) is 8.96. The van der Waals surface area contributed by atoms with Crippen LogP contribution in [0.15, 0.2) is 42.5 Å². The second-order valence-electron chi connectivity index (χ2n) is 5.67. The maximum Gasteiger partial charge on any atom is -0.00693 e. The molecule has 1 aromatic rings. The minimum Gasteiger partial charge on any atom is -0.0773 e. The predicted molar refractivity (Wildman–Crippen MR) is 71.4 cm³/mol. The molecular formula is C16H20. The zero-order valence-corrected chi connectivity index (χ0v) is 10.6. The van der Waals surface area contributed by atoms with Crippen molar-refractivity contribution in [2.75, 3.05) is 0 Å². The molecule has 84 valence electrons. The molecule has 2 rings (SSSR count). The molecule has 1 atom stereocenters. The number of allylic oxidation sites excluding steroid dienone is 4. The van der Waals surface area contributed by atoms with Gasteiger partial charge >= 0.3 is 0 Å². The van der Waals surface area contributed by atoms with Crippen LogP contribution in [0.5, 0.6) is 0 Å². The van der Waals surface area contributed by atoms with Crippen LogP contribution in [-0.2, 0) is 5.41 Å². The molecule has 0 saturated heterocycles. The predicted octanol–water partition coefficient (Wildman–Crippen LogP) is 4.57. The minimum absolute atomic E-state index is 0.242. The third-order valence-electron chi connectivity index (χ3n) is 3.11. The summed E-state index contributed by atoms with van der Waals surface area (Å²) in [5.41, 5.74) is 4.32. The first-order valence-electron chi connectivity index (χ1n) is 5.98. The molecule has 0 heteroatoms. The van der Waals surface area contributed by atoms with E-state index in [2.05, 4.69) is 70.2 Å². The second kappa shape index (κ2) is 3.93. The molecule has 1 aliphatic carbocycles. The van der Waals surface area contributed by atoms with Crippen LogP contribution in [0.2, 0.25) is 0 Å². The van der Waals surface area contributed by atoms with E-state index >= 15 is 0 Å². The third-order valence-corrected chi connectivity index (χ3v) is 3.11. The molecule has 0 radical (unpaired) electrons. The van der Waals surface area contributed by atoms with E-state index in [4.69, 9.17) is 0 Å². The zero-order chi connectivity index (χ0) is 11.8. The summed E-state index contributed by atoms with van der Waals surface area (Å²) in [4.78, 5) is 0. The zero-order valence-electron chi connectivity index (χ0n) is 10.6. The quantitative estimate of drug-likeness (QED) is 0.639. The Morgan fingerprint density at radius 2 is 1.62 bits per heavy atom.